The first-order valence-electron chi connectivity index (χ1n) is 12.2. The summed E-state index contributed by atoms with van der Waals surface area (Å²) in [5.41, 5.74) is 1.42. The normalized spacial score (nSPS) is 22.3. The molecule has 1 aliphatic carbocycles. The van der Waals surface area contributed by atoms with Crippen LogP contribution in [0, 0.1) is 11.8 Å². The summed E-state index contributed by atoms with van der Waals surface area (Å²) < 4.78 is 30.6. The summed E-state index contributed by atoms with van der Waals surface area (Å²) in [6.07, 6.45) is 6.39. The van der Waals surface area contributed by atoms with Crippen LogP contribution in [0.5, 0.6) is 0 Å². The number of anilines is 1. The lowest BCUT2D eigenvalue weighted by molar-refractivity contribution is 0.0833. The third-order valence-electron chi connectivity index (χ3n) is 7.19. The average molecular weight is 508 g/mol. The third-order valence-corrected chi connectivity index (χ3v) is 8.82. The Hall–Kier alpha value is -3.20. The largest absolute Gasteiger partial charge is 0.295 e. The summed E-state index contributed by atoms with van der Waals surface area (Å²) >= 11 is 0. The summed E-state index contributed by atoms with van der Waals surface area (Å²) in [7, 11) is -1.93. The molecule has 1 aromatic carbocycles. The Morgan fingerprint density at radius 3 is 2.72 bits per heavy atom. The van der Waals surface area contributed by atoms with E-state index in [1.165, 1.54) is 12.5 Å². The maximum Gasteiger partial charge on any atom is 0.263 e. The van der Waals surface area contributed by atoms with E-state index in [1.807, 2.05) is 25.1 Å². The highest BCUT2D eigenvalue weighted by Gasteiger charge is 2.44. The number of hydrogen-bond donors (Lipinski definition) is 1. The molecule has 188 valence electrons. The molecule has 4 heterocycles. The molecule has 1 aromatic heterocycles. The van der Waals surface area contributed by atoms with E-state index >= 15 is 0 Å². The Balaban J connectivity index is 1.37. The minimum absolute atomic E-state index is 0.0871. The number of sulfonamides is 1. The number of nitrogens with zero attached hydrogens (tertiary/aromatic N) is 6. The number of likely N-dealkylation sites (tertiary alicyclic amines) is 1. The molecule has 3 aliphatic heterocycles. The molecule has 4 aliphatic rings. The van der Waals surface area contributed by atoms with Crippen molar-refractivity contribution >= 4 is 27.6 Å². The average Bonchev–Trinajstić information content (AvgIpc) is 3.17. The Kier molecular flexibility index (Phi) is 5.44. The highest BCUT2D eigenvalue weighted by atomic mass is 32.2. The van der Waals surface area contributed by atoms with Gasteiger partial charge in [0.25, 0.3) is 5.91 Å². The number of nitrogens with one attached hydrogen (secondary N) is 1. The van der Waals surface area contributed by atoms with Gasteiger partial charge in [-0.05, 0) is 44.4 Å². The molecular weight excluding hydrogens is 478 g/mol. The van der Waals surface area contributed by atoms with Crippen LogP contribution in [0.1, 0.15) is 42.1 Å². The Morgan fingerprint density at radius 2 is 2.06 bits per heavy atom. The van der Waals surface area contributed by atoms with Gasteiger partial charge in [0.1, 0.15) is 6.04 Å². The van der Waals surface area contributed by atoms with Crippen molar-refractivity contribution < 1.29 is 13.2 Å². The van der Waals surface area contributed by atoms with E-state index in [0.29, 0.717) is 30.3 Å². The van der Waals surface area contributed by atoms with E-state index in [1.54, 1.807) is 27.9 Å². The van der Waals surface area contributed by atoms with E-state index < -0.39 is 15.6 Å². The lowest BCUT2D eigenvalue weighted by Gasteiger charge is -2.37. The second-order valence-corrected chi connectivity index (χ2v) is 11.9. The van der Waals surface area contributed by atoms with Crippen molar-refractivity contribution in [2.45, 2.75) is 49.2 Å². The fraction of sp³-hybridized carbons (Fsp3) is 0.480. The van der Waals surface area contributed by atoms with Gasteiger partial charge >= 0.3 is 0 Å². The molecule has 0 unspecified atom stereocenters. The highest BCUT2D eigenvalue weighted by molar-refractivity contribution is 7.89. The number of guanidine groups is 1. The van der Waals surface area contributed by atoms with E-state index in [2.05, 4.69) is 26.6 Å². The molecule has 10 nitrogen and oxygen atoms in total. The van der Waals surface area contributed by atoms with Crippen LogP contribution in [0.3, 0.4) is 0 Å². The molecule has 36 heavy (non-hydrogen) atoms. The second-order valence-electron chi connectivity index (χ2n) is 10.2. The fourth-order valence-electron chi connectivity index (χ4n) is 4.73. The van der Waals surface area contributed by atoms with Gasteiger partial charge in [0.15, 0.2) is 0 Å². The number of amides is 1. The van der Waals surface area contributed by atoms with Crippen LogP contribution < -0.4 is 9.62 Å². The van der Waals surface area contributed by atoms with Crippen LogP contribution in [0.4, 0.5) is 5.69 Å². The highest BCUT2D eigenvalue weighted by Crippen LogP contribution is 2.38. The lowest BCUT2D eigenvalue weighted by Crippen LogP contribution is -2.52. The first-order chi connectivity index (χ1) is 17.2. The summed E-state index contributed by atoms with van der Waals surface area (Å²) in [5.74, 6) is 6.88. The first-order valence-corrected chi connectivity index (χ1v) is 13.7. The van der Waals surface area contributed by atoms with Gasteiger partial charge in [0.2, 0.25) is 16.0 Å². The number of carbonyl (C=O) groups excluding carboxylic acids is 1. The zero-order valence-corrected chi connectivity index (χ0v) is 21.3. The van der Waals surface area contributed by atoms with Crippen LogP contribution >= 0.6 is 0 Å². The van der Waals surface area contributed by atoms with Crippen LogP contribution in [0.15, 0.2) is 40.5 Å². The predicted octanol–water partition coefficient (Wildman–Crippen LogP) is 1.16. The van der Waals surface area contributed by atoms with Crippen molar-refractivity contribution in [3.63, 3.8) is 0 Å². The number of carbonyl (C=O) groups is 1. The number of fused-ring (bicyclic) bond motifs is 3. The predicted molar refractivity (Wildman–Crippen MR) is 135 cm³/mol. The first kappa shape index (κ1) is 23.2. The Morgan fingerprint density at radius 1 is 1.25 bits per heavy atom. The van der Waals surface area contributed by atoms with E-state index in [-0.39, 0.29) is 23.4 Å². The molecule has 1 amide bonds. The molecule has 1 N–H and O–H groups in total. The molecular formula is C25H29N7O3S. The maximum atomic E-state index is 13.7. The second kappa shape index (κ2) is 8.44. The standard InChI is InChI=1S/C25H29N7O3S/c1-25(8-9-25)28-36(34,35)20-6-7-22-21(13-20)23(33)31(17-18-14-27-29(2)16-18)24-26-15-19(32(22)24)5-3-10-30-11-4-12-30/h6-7,13-14,16,19,28H,4,8-12,15,17H2,1-2H3/t19-/m1/s1. The fourth-order valence-corrected chi connectivity index (χ4v) is 6.22. The minimum Gasteiger partial charge on any atom is -0.295 e. The number of aliphatic imine (C=N–C) groups is 1. The summed E-state index contributed by atoms with van der Waals surface area (Å²) in [4.78, 5) is 24.4. The van der Waals surface area contributed by atoms with Crippen molar-refractivity contribution in [1.29, 1.82) is 0 Å². The SMILES string of the molecule is Cn1cc(CN2C(=O)c3cc(S(=O)(=O)NC4(C)CC4)ccc3N3C2=NC[C@H]3C#CCN2CCC2)cn1. The number of aryl methyl sites for hydroxylation is 1. The monoisotopic (exact) mass is 507 g/mol. The topological polar surface area (TPSA) is 103 Å². The van der Waals surface area contributed by atoms with Gasteiger partial charge < -0.3 is 0 Å². The molecule has 0 radical (unpaired) electrons. The lowest BCUT2D eigenvalue weighted by atomic mass is 10.1. The molecule has 6 rings (SSSR count). The van der Waals surface area contributed by atoms with Gasteiger partial charge in [-0.1, -0.05) is 11.8 Å². The van der Waals surface area contributed by atoms with Gasteiger partial charge in [-0.25, -0.2) is 18.1 Å². The van der Waals surface area contributed by atoms with E-state index in [4.69, 9.17) is 4.99 Å². The molecule has 0 bridgehead atoms. The molecule has 11 heteroatoms. The van der Waals surface area contributed by atoms with Crippen molar-refractivity contribution in [2.75, 3.05) is 31.1 Å². The Bertz CT molecular complexity index is 1430. The third kappa shape index (κ3) is 4.19. The summed E-state index contributed by atoms with van der Waals surface area (Å²) in [5, 5.41) is 4.22. The molecule has 2 aromatic rings. The smallest absolute Gasteiger partial charge is 0.263 e. The van der Waals surface area contributed by atoms with Gasteiger partial charge in [0, 0.05) is 37.4 Å². The summed E-state index contributed by atoms with van der Waals surface area (Å²) in [6.45, 7) is 5.48. The molecule has 2 fully saturated rings. The van der Waals surface area contributed by atoms with Crippen LogP contribution in [-0.4, -0.2) is 77.6 Å². The number of aromatic nitrogens is 2. The van der Waals surface area contributed by atoms with Crippen molar-refractivity contribution in [3.05, 3.63) is 41.7 Å². The number of benzene rings is 1. The van der Waals surface area contributed by atoms with Gasteiger partial charge in [-0.15, -0.1) is 0 Å². The quantitative estimate of drug-likeness (QED) is 0.589. The van der Waals surface area contributed by atoms with Gasteiger partial charge in [-0.3, -0.25) is 24.2 Å². The van der Waals surface area contributed by atoms with Crippen LogP contribution in [0.2, 0.25) is 0 Å². The van der Waals surface area contributed by atoms with Crippen molar-refractivity contribution in [2.24, 2.45) is 12.0 Å². The van der Waals surface area contributed by atoms with Crippen LogP contribution in [0.25, 0.3) is 0 Å². The van der Waals surface area contributed by atoms with E-state index in [9.17, 15) is 13.2 Å². The molecule has 1 atom stereocenters. The maximum absolute atomic E-state index is 13.7. The van der Waals surface area contributed by atoms with Gasteiger partial charge in [0.05, 0.1) is 42.0 Å². The zero-order chi connectivity index (χ0) is 25.1. The minimum atomic E-state index is -3.76. The van der Waals surface area contributed by atoms with Crippen LogP contribution in [-0.2, 0) is 23.6 Å². The Labute approximate surface area is 211 Å². The summed E-state index contributed by atoms with van der Waals surface area (Å²) in [6, 6.07) is 4.54. The van der Waals surface area contributed by atoms with Crippen molar-refractivity contribution in [1.82, 2.24) is 24.3 Å². The van der Waals surface area contributed by atoms with Gasteiger partial charge in [-0.2, -0.15) is 5.10 Å². The van der Waals surface area contributed by atoms with E-state index in [0.717, 1.165) is 31.5 Å². The molecule has 1 saturated carbocycles. The zero-order valence-electron chi connectivity index (χ0n) is 20.4. The number of rotatable bonds is 6. The number of hydrogen-bond acceptors (Lipinski definition) is 7. The molecule has 1 saturated heterocycles. The molecule has 0 spiro atoms. The van der Waals surface area contributed by atoms with Crippen molar-refractivity contribution in [3.8, 4) is 11.8 Å².